The molecule has 0 spiro atoms. The summed E-state index contributed by atoms with van der Waals surface area (Å²) in [4.78, 5) is 0. The van der Waals surface area contributed by atoms with Crippen LogP contribution in [0, 0.1) is 12.8 Å². The van der Waals surface area contributed by atoms with Crippen molar-refractivity contribution in [2.75, 3.05) is 6.61 Å². The molecular weight excluding hydrogens is 248 g/mol. The Kier molecular flexibility index (Phi) is 12.1. The zero-order valence-corrected chi connectivity index (χ0v) is 15.4. The van der Waals surface area contributed by atoms with E-state index in [0.717, 1.165) is 18.9 Å². The van der Waals surface area contributed by atoms with Gasteiger partial charge in [-0.25, -0.2) is 0 Å². The average Bonchev–Trinajstić information content (AvgIpc) is 2.35. The van der Waals surface area contributed by atoms with Crippen LogP contribution < -0.4 is 0 Å². The van der Waals surface area contributed by atoms with E-state index < -0.39 is 0 Å². The van der Waals surface area contributed by atoms with Gasteiger partial charge in [-0.3, -0.25) is 0 Å². The van der Waals surface area contributed by atoms with E-state index >= 15 is 0 Å². The van der Waals surface area contributed by atoms with E-state index in [9.17, 15) is 0 Å². The van der Waals surface area contributed by atoms with Gasteiger partial charge in [0.1, 0.15) is 0 Å². The maximum atomic E-state index is 5.95. The molecule has 0 N–H and O–H groups in total. The fourth-order valence-corrected chi connectivity index (χ4v) is 3.15. The molecule has 0 rings (SSSR count). The van der Waals surface area contributed by atoms with Crippen molar-refractivity contribution in [3.8, 4) is 0 Å². The summed E-state index contributed by atoms with van der Waals surface area (Å²) < 4.78 is 5.95. The van der Waals surface area contributed by atoms with Crippen molar-refractivity contribution in [1.29, 1.82) is 0 Å². The van der Waals surface area contributed by atoms with Gasteiger partial charge in [-0.1, -0.05) is 86.0 Å². The average molecular weight is 286 g/mol. The van der Waals surface area contributed by atoms with Crippen LogP contribution in [0.5, 0.6) is 0 Å². The zero-order chi connectivity index (χ0) is 14.6. The van der Waals surface area contributed by atoms with E-state index in [4.69, 9.17) is 4.43 Å². The molecule has 0 aromatic rings. The number of unbranched alkanes of at least 4 members (excludes halogenated alkanes) is 8. The summed E-state index contributed by atoms with van der Waals surface area (Å²) in [7, 11) is -0.368. The third-order valence-corrected chi connectivity index (χ3v) is 6.38. The molecule has 2 heteroatoms. The lowest BCUT2D eigenvalue weighted by Gasteiger charge is -2.28. The van der Waals surface area contributed by atoms with E-state index in [1.165, 1.54) is 51.4 Å². The second-order valence-electron chi connectivity index (χ2n) is 6.88. The Balaban J connectivity index is 3.19. The van der Waals surface area contributed by atoms with Crippen molar-refractivity contribution in [2.24, 2.45) is 5.92 Å². The highest BCUT2D eigenvalue weighted by Crippen LogP contribution is 2.32. The fraction of sp³-hybridized carbons (Fsp3) is 0.941. The SMILES string of the molecule is [CH2]CCCCCCCCCCO[SiH2]C(C)(C)C(C)C. The Hall–Kier alpha value is 0.177. The first-order valence-corrected chi connectivity index (χ1v) is 9.66. The second kappa shape index (κ2) is 12.0. The molecule has 0 aliphatic rings. The molecule has 0 aliphatic heterocycles. The topological polar surface area (TPSA) is 9.23 Å². The van der Waals surface area contributed by atoms with Gasteiger partial charge in [-0.2, -0.15) is 0 Å². The van der Waals surface area contributed by atoms with Crippen LogP contribution in [0.2, 0.25) is 5.04 Å². The molecule has 0 aromatic heterocycles. The minimum Gasteiger partial charge on any atom is -0.423 e. The monoisotopic (exact) mass is 285 g/mol. The molecule has 1 radical (unpaired) electrons. The molecule has 0 amide bonds. The van der Waals surface area contributed by atoms with E-state index in [1.54, 1.807) is 0 Å². The summed E-state index contributed by atoms with van der Waals surface area (Å²) in [6, 6.07) is 0. The minimum atomic E-state index is -0.368. The molecule has 0 saturated heterocycles. The van der Waals surface area contributed by atoms with E-state index in [2.05, 4.69) is 34.6 Å². The quantitative estimate of drug-likeness (QED) is 0.330. The first-order valence-electron chi connectivity index (χ1n) is 8.37. The summed E-state index contributed by atoms with van der Waals surface area (Å²) in [5.74, 6) is 0.748. The third-order valence-electron chi connectivity index (χ3n) is 4.33. The molecule has 0 fully saturated rings. The van der Waals surface area contributed by atoms with E-state index in [0.29, 0.717) is 5.04 Å². The van der Waals surface area contributed by atoms with Gasteiger partial charge < -0.3 is 4.43 Å². The van der Waals surface area contributed by atoms with Crippen LogP contribution in [0.4, 0.5) is 0 Å². The maximum absolute atomic E-state index is 5.95. The van der Waals surface area contributed by atoms with Crippen molar-refractivity contribution in [1.82, 2.24) is 0 Å². The molecule has 0 aliphatic carbocycles. The Morgan fingerprint density at radius 1 is 0.895 bits per heavy atom. The summed E-state index contributed by atoms with van der Waals surface area (Å²) in [5, 5.41) is 0.453. The summed E-state index contributed by atoms with van der Waals surface area (Å²) in [6.45, 7) is 14.2. The van der Waals surface area contributed by atoms with Crippen LogP contribution in [-0.4, -0.2) is 16.4 Å². The Morgan fingerprint density at radius 2 is 1.37 bits per heavy atom. The molecule has 115 valence electrons. The highest BCUT2D eigenvalue weighted by Gasteiger charge is 2.23. The number of rotatable bonds is 13. The van der Waals surface area contributed by atoms with Gasteiger partial charge in [-0.15, -0.1) is 0 Å². The molecule has 0 heterocycles. The summed E-state index contributed by atoms with van der Waals surface area (Å²) in [6.07, 6.45) is 12.0. The van der Waals surface area contributed by atoms with Crippen molar-refractivity contribution in [2.45, 2.75) is 90.5 Å². The second-order valence-corrected chi connectivity index (χ2v) is 9.40. The number of hydrogen-bond donors (Lipinski definition) is 0. The maximum Gasteiger partial charge on any atom is 0.167 e. The lowest BCUT2D eigenvalue weighted by molar-refractivity contribution is 0.291. The van der Waals surface area contributed by atoms with Crippen LogP contribution in [0.15, 0.2) is 0 Å². The largest absolute Gasteiger partial charge is 0.423 e. The Bertz CT molecular complexity index is 190. The van der Waals surface area contributed by atoms with Crippen molar-refractivity contribution < 1.29 is 4.43 Å². The van der Waals surface area contributed by atoms with Gasteiger partial charge in [0.15, 0.2) is 9.76 Å². The molecule has 19 heavy (non-hydrogen) atoms. The standard InChI is InChI=1S/C17H37OSi/c1-6-7-8-9-10-11-12-13-14-15-18-19-17(4,5)16(2)3/h16H,1,6-15,19H2,2-5H3. The fourth-order valence-electron chi connectivity index (χ4n) is 1.94. The first kappa shape index (κ1) is 19.2. The highest BCUT2D eigenvalue weighted by molar-refractivity contribution is 6.32. The van der Waals surface area contributed by atoms with E-state index in [-0.39, 0.29) is 9.76 Å². The molecular formula is C17H37OSi. The minimum absolute atomic E-state index is 0.368. The van der Waals surface area contributed by atoms with Crippen LogP contribution in [0.25, 0.3) is 0 Å². The first-order chi connectivity index (χ1) is 9.00. The summed E-state index contributed by atoms with van der Waals surface area (Å²) >= 11 is 0. The summed E-state index contributed by atoms with van der Waals surface area (Å²) in [5.41, 5.74) is 0. The highest BCUT2D eigenvalue weighted by atomic mass is 28.2. The predicted octanol–water partition coefficient (Wildman–Crippen LogP) is 5.29. The number of hydrogen-bond acceptors (Lipinski definition) is 1. The molecule has 1 nitrogen and oxygen atoms in total. The Labute approximate surface area is 124 Å². The van der Waals surface area contributed by atoms with Crippen LogP contribution in [0.3, 0.4) is 0 Å². The molecule has 0 saturated carbocycles. The molecule has 0 bridgehead atoms. The van der Waals surface area contributed by atoms with E-state index in [1.807, 2.05) is 0 Å². The van der Waals surface area contributed by atoms with Crippen molar-refractivity contribution in [3.05, 3.63) is 6.92 Å². The normalized spacial score (nSPS) is 12.9. The van der Waals surface area contributed by atoms with Gasteiger partial charge in [-0.05, 0) is 17.4 Å². The molecule has 0 aromatic carbocycles. The van der Waals surface area contributed by atoms with Crippen molar-refractivity contribution in [3.63, 3.8) is 0 Å². The smallest absolute Gasteiger partial charge is 0.167 e. The zero-order valence-electron chi connectivity index (χ0n) is 14.0. The lowest BCUT2D eigenvalue weighted by atomic mass is 9.99. The van der Waals surface area contributed by atoms with Crippen molar-refractivity contribution >= 4 is 9.76 Å². The molecule has 0 atom stereocenters. The van der Waals surface area contributed by atoms with Gasteiger partial charge in [0.05, 0.1) is 0 Å². The lowest BCUT2D eigenvalue weighted by Crippen LogP contribution is -2.22. The Morgan fingerprint density at radius 3 is 1.84 bits per heavy atom. The van der Waals surface area contributed by atoms with Gasteiger partial charge in [0.2, 0.25) is 0 Å². The van der Waals surface area contributed by atoms with Crippen LogP contribution in [-0.2, 0) is 4.43 Å². The predicted molar refractivity (Wildman–Crippen MR) is 90.3 cm³/mol. The van der Waals surface area contributed by atoms with Gasteiger partial charge in [0, 0.05) is 6.61 Å². The van der Waals surface area contributed by atoms with Crippen LogP contribution >= 0.6 is 0 Å². The van der Waals surface area contributed by atoms with Crippen LogP contribution in [0.1, 0.15) is 85.5 Å². The van der Waals surface area contributed by atoms with Gasteiger partial charge >= 0.3 is 0 Å². The molecule has 0 unspecified atom stereocenters. The third kappa shape index (κ3) is 11.7. The van der Waals surface area contributed by atoms with Gasteiger partial charge in [0.25, 0.3) is 0 Å².